The van der Waals surface area contributed by atoms with E-state index >= 15 is 0 Å². The van der Waals surface area contributed by atoms with E-state index in [-0.39, 0.29) is 0 Å². The second kappa shape index (κ2) is 13.4. The van der Waals surface area contributed by atoms with Gasteiger partial charge in [0, 0.05) is 11.3 Å². The number of hydrogen-bond donors (Lipinski definition) is 0. The van der Waals surface area contributed by atoms with Crippen LogP contribution in [0.1, 0.15) is 0 Å². The molecule has 0 radical (unpaired) electrons. The number of para-hydroxylation sites is 2. The lowest BCUT2D eigenvalue weighted by atomic mass is 9.84. The number of benzene rings is 11. The summed E-state index contributed by atoms with van der Waals surface area (Å²) >= 11 is 0. The molecule has 2 nitrogen and oxygen atoms in total. The summed E-state index contributed by atoms with van der Waals surface area (Å²) in [6, 6.07) is 79.7. The minimum atomic E-state index is 0.941. The van der Waals surface area contributed by atoms with Gasteiger partial charge >= 0.3 is 0 Å². The highest BCUT2D eigenvalue weighted by Gasteiger charge is 2.19. The van der Waals surface area contributed by atoms with Gasteiger partial charge in [0.15, 0.2) is 0 Å². The Morgan fingerprint density at radius 3 is 1.49 bits per heavy atom. The first kappa shape index (κ1) is 33.3. The molecule has 0 aliphatic heterocycles. The van der Waals surface area contributed by atoms with Gasteiger partial charge in [-0.1, -0.05) is 170 Å². The Morgan fingerprint density at radius 2 is 0.763 bits per heavy atom. The highest BCUT2D eigenvalue weighted by molar-refractivity contribution is 6.22. The lowest BCUT2D eigenvalue weighted by Gasteiger charge is -2.19. The number of hydrogen-bond acceptors (Lipinski definition) is 1. The molecule has 12 rings (SSSR count). The summed E-state index contributed by atoms with van der Waals surface area (Å²) in [5.41, 5.74) is 11.6. The normalized spacial score (nSPS) is 11.7. The Morgan fingerprint density at radius 1 is 0.288 bits per heavy atom. The van der Waals surface area contributed by atoms with Gasteiger partial charge in [-0.05, 0) is 136 Å². The zero-order valence-corrected chi connectivity index (χ0v) is 32.2. The molecule has 0 N–H and O–H groups in total. The standard InChI is InChI=1S/C57H36N2/c1-2-14-39(15-3-1)57-58-53-20-10-11-21-54(53)59(57)48-30-28-43-32-42(24-25-44(43)35-48)45-29-31-51-52(36-45)56(47-27-23-38-13-5-7-17-41(38)34-47)50-19-9-8-18-49(50)55(51)46-26-22-37-12-4-6-16-40(37)33-46/h1-36H. The highest BCUT2D eigenvalue weighted by Crippen LogP contribution is 2.46. The third-order valence-electron chi connectivity index (χ3n) is 12.1. The first-order valence-corrected chi connectivity index (χ1v) is 20.3. The zero-order valence-electron chi connectivity index (χ0n) is 32.2. The van der Waals surface area contributed by atoms with E-state index < -0.39 is 0 Å². The molecule has 1 heterocycles. The first-order valence-electron chi connectivity index (χ1n) is 20.3. The van der Waals surface area contributed by atoms with Gasteiger partial charge in [0.2, 0.25) is 0 Å². The molecule has 1 aromatic heterocycles. The lowest BCUT2D eigenvalue weighted by Crippen LogP contribution is -1.97. The van der Waals surface area contributed by atoms with Gasteiger partial charge < -0.3 is 0 Å². The van der Waals surface area contributed by atoms with Gasteiger partial charge in [-0.25, -0.2) is 4.98 Å². The number of fused-ring (bicyclic) bond motifs is 6. The predicted molar refractivity (Wildman–Crippen MR) is 250 cm³/mol. The van der Waals surface area contributed by atoms with Gasteiger partial charge in [0.05, 0.1) is 11.0 Å². The van der Waals surface area contributed by atoms with E-state index in [1.54, 1.807) is 0 Å². The Balaban J connectivity index is 1.05. The summed E-state index contributed by atoms with van der Waals surface area (Å²) < 4.78 is 2.28. The number of rotatable bonds is 5. The smallest absolute Gasteiger partial charge is 0.145 e. The molecule has 59 heavy (non-hydrogen) atoms. The summed E-state index contributed by atoms with van der Waals surface area (Å²) in [5, 5.41) is 12.4. The fourth-order valence-corrected chi connectivity index (χ4v) is 9.29. The van der Waals surface area contributed by atoms with Gasteiger partial charge in [-0.2, -0.15) is 0 Å². The van der Waals surface area contributed by atoms with Crippen molar-refractivity contribution in [3.05, 3.63) is 218 Å². The topological polar surface area (TPSA) is 17.8 Å². The average Bonchev–Trinajstić information content (AvgIpc) is 3.70. The van der Waals surface area contributed by atoms with Gasteiger partial charge in [-0.3, -0.25) is 4.57 Å². The summed E-state index contributed by atoms with van der Waals surface area (Å²) in [4.78, 5) is 5.08. The van der Waals surface area contributed by atoms with Gasteiger partial charge in [-0.15, -0.1) is 0 Å². The summed E-state index contributed by atoms with van der Waals surface area (Å²) in [5.74, 6) is 0.941. The summed E-state index contributed by atoms with van der Waals surface area (Å²) in [6.07, 6.45) is 0. The van der Waals surface area contributed by atoms with Crippen LogP contribution in [0.4, 0.5) is 0 Å². The SMILES string of the molecule is c1ccc(-c2nc3ccccc3n2-c2ccc3cc(-c4ccc5c(-c6ccc7ccccc7c6)c6ccccc6c(-c6ccc7ccccc7c6)c5c4)ccc3c2)cc1. The van der Waals surface area contributed by atoms with E-state index in [4.69, 9.17) is 4.98 Å². The second-order valence-electron chi connectivity index (χ2n) is 15.6. The molecule has 0 saturated carbocycles. The van der Waals surface area contributed by atoms with Crippen LogP contribution >= 0.6 is 0 Å². The molecule has 0 amide bonds. The van der Waals surface area contributed by atoms with E-state index in [9.17, 15) is 0 Å². The molecular weight excluding hydrogens is 713 g/mol. The average molecular weight is 749 g/mol. The van der Waals surface area contributed by atoms with Crippen molar-refractivity contribution in [2.45, 2.75) is 0 Å². The van der Waals surface area contributed by atoms with Gasteiger partial charge in [0.25, 0.3) is 0 Å². The van der Waals surface area contributed by atoms with Crippen molar-refractivity contribution in [2.75, 3.05) is 0 Å². The zero-order chi connectivity index (χ0) is 38.9. The van der Waals surface area contributed by atoms with Crippen LogP contribution in [0.5, 0.6) is 0 Å². The molecule has 0 aliphatic rings. The molecule has 2 heteroatoms. The van der Waals surface area contributed by atoms with Crippen LogP contribution in [0.15, 0.2) is 218 Å². The van der Waals surface area contributed by atoms with E-state index in [0.717, 1.165) is 28.1 Å². The van der Waals surface area contributed by atoms with Crippen molar-refractivity contribution < 1.29 is 0 Å². The van der Waals surface area contributed by atoms with Crippen molar-refractivity contribution in [3.63, 3.8) is 0 Å². The second-order valence-corrected chi connectivity index (χ2v) is 15.6. The van der Waals surface area contributed by atoms with Crippen LogP contribution in [0.25, 0.3) is 115 Å². The number of aromatic nitrogens is 2. The molecule has 0 atom stereocenters. The predicted octanol–water partition coefficient (Wildman–Crippen LogP) is 15.5. The van der Waals surface area contributed by atoms with Crippen LogP contribution in [-0.4, -0.2) is 9.55 Å². The van der Waals surface area contributed by atoms with E-state index in [1.165, 1.54) is 87.2 Å². The third kappa shape index (κ3) is 5.53. The van der Waals surface area contributed by atoms with E-state index in [1.807, 2.05) is 0 Å². The molecule has 12 aromatic rings. The molecule has 274 valence electrons. The van der Waals surface area contributed by atoms with E-state index in [0.29, 0.717) is 0 Å². The largest absolute Gasteiger partial charge is 0.292 e. The number of nitrogens with zero attached hydrogens (tertiary/aromatic N) is 2. The molecule has 0 saturated heterocycles. The fraction of sp³-hybridized carbons (Fsp3) is 0. The third-order valence-corrected chi connectivity index (χ3v) is 12.1. The number of imidazole rings is 1. The van der Waals surface area contributed by atoms with Crippen LogP contribution < -0.4 is 0 Å². The fourth-order valence-electron chi connectivity index (χ4n) is 9.29. The quantitative estimate of drug-likeness (QED) is 0.160. The van der Waals surface area contributed by atoms with Crippen molar-refractivity contribution in [1.29, 1.82) is 0 Å². The minimum absolute atomic E-state index is 0.941. The van der Waals surface area contributed by atoms with Crippen LogP contribution in [0.3, 0.4) is 0 Å². The van der Waals surface area contributed by atoms with Crippen molar-refractivity contribution in [2.24, 2.45) is 0 Å². The maximum atomic E-state index is 5.08. The lowest BCUT2D eigenvalue weighted by molar-refractivity contribution is 1.11. The Kier molecular flexibility index (Phi) is 7.57. The molecular formula is C57H36N2. The summed E-state index contributed by atoms with van der Waals surface area (Å²) in [7, 11) is 0. The first-order chi connectivity index (χ1) is 29.2. The monoisotopic (exact) mass is 748 g/mol. The van der Waals surface area contributed by atoms with Crippen LogP contribution in [0.2, 0.25) is 0 Å². The Hall–Kier alpha value is -7.81. The van der Waals surface area contributed by atoms with E-state index in [2.05, 4.69) is 223 Å². The van der Waals surface area contributed by atoms with Gasteiger partial charge in [0.1, 0.15) is 5.82 Å². The maximum absolute atomic E-state index is 5.08. The Bertz CT molecular complexity index is 3610. The molecule has 0 bridgehead atoms. The van der Waals surface area contributed by atoms with Crippen molar-refractivity contribution in [3.8, 4) is 50.5 Å². The van der Waals surface area contributed by atoms with Crippen molar-refractivity contribution >= 4 is 64.9 Å². The highest BCUT2D eigenvalue weighted by atomic mass is 15.1. The molecule has 0 spiro atoms. The summed E-state index contributed by atoms with van der Waals surface area (Å²) in [6.45, 7) is 0. The van der Waals surface area contributed by atoms with Crippen LogP contribution in [0, 0.1) is 0 Å². The minimum Gasteiger partial charge on any atom is -0.292 e. The Labute approximate surface area is 341 Å². The maximum Gasteiger partial charge on any atom is 0.145 e. The molecule has 0 aliphatic carbocycles. The van der Waals surface area contributed by atoms with Crippen molar-refractivity contribution in [1.82, 2.24) is 9.55 Å². The molecule has 0 unspecified atom stereocenters. The van der Waals surface area contributed by atoms with Crippen LogP contribution in [-0.2, 0) is 0 Å². The molecule has 11 aromatic carbocycles. The molecule has 0 fully saturated rings.